The molecule has 0 aromatic heterocycles. The molecule has 1 N–H and O–H groups in total. The minimum atomic E-state index is -0.483. The Labute approximate surface area is 122 Å². The topological polar surface area (TPSA) is 41.9 Å². The van der Waals surface area contributed by atoms with Crippen LogP contribution in [-0.4, -0.2) is 57.1 Å². The molecule has 0 aliphatic carbocycles. The van der Waals surface area contributed by atoms with Gasteiger partial charge in [-0.15, -0.1) is 0 Å². The summed E-state index contributed by atoms with van der Waals surface area (Å²) >= 11 is 0. The van der Waals surface area contributed by atoms with Crippen molar-refractivity contribution in [1.82, 2.24) is 4.90 Å². The van der Waals surface area contributed by atoms with Crippen LogP contribution in [0.25, 0.3) is 0 Å². The van der Waals surface area contributed by atoms with E-state index in [0.29, 0.717) is 19.8 Å². The van der Waals surface area contributed by atoms with Crippen LogP contribution in [0.1, 0.15) is 22.8 Å². The lowest BCUT2D eigenvalue weighted by Gasteiger charge is -2.25. The SMILES string of the molecule is COCCN(CCOC)CC(O)c1cc(C)ccc1C. The van der Waals surface area contributed by atoms with Crippen molar-refractivity contribution < 1.29 is 14.6 Å². The molecule has 0 saturated carbocycles. The Balaban J connectivity index is 2.67. The zero-order chi connectivity index (χ0) is 15.0. The van der Waals surface area contributed by atoms with Gasteiger partial charge in [-0.3, -0.25) is 4.90 Å². The molecule has 0 saturated heterocycles. The number of hydrogen-bond acceptors (Lipinski definition) is 4. The van der Waals surface area contributed by atoms with Crippen molar-refractivity contribution in [2.45, 2.75) is 20.0 Å². The third kappa shape index (κ3) is 5.59. The van der Waals surface area contributed by atoms with E-state index in [2.05, 4.69) is 23.1 Å². The first-order chi connectivity index (χ1) is 9.58. The van der Waals surface area contributed by atoms with Crippen molar-refractivity contribution >= 4 is 0 Å². The van der Waals surface area contributed by atoms with Gasteiger partial charge in [0.2, 0.25) is 0 Å². The predicted molar refractivity (Wildman–Crippen MR) is 81.1 cm³/mol. The van der Waals surface area contributed by atoms with E-state index in [1.165, 1.54) is 5.56 Å². The molecule has 0 amide bonds. The number of benzene rings is 1. The fraction of sp³-hybridized carbons (Fsp3) is 0.625. The van der Waals surface area contributed by atoms with Crippen LogP contribution in [-0.2, 0) is 9.47 Å². The predicted octanol–water partition coefficient (Wildman–Crippen LogP) is 1.93. The average molecular weight is 281 g/mol. The summed E-state index contributed by atoms with van der Waals surface area (Å²) in [6, 6.07) is 6.19. The Bertz CT molecular complexity index is 387. The van der Waals surface area contributed by atoms with E-state index >= 15 is 0 Å². The molecular formula is C16H27NO3. The number of aryl methyl sites for hydroxylation is 2. The summed E-state index contributed by atoms with van der Waals surface area (Å²) in [7, 11) is 3.38. The van der Waals surface area contributed by atoms with Gasteiger partial charge in [0, 0.05) is 33.9 Å². The van der Waals surface area contributed by atoms with Crippen LogP contribution in [0.2, 0.25) is 0 Å². The third-order valence-corrected chi connectivity index (χ3v) is 3.45. The molecule has 1 aromatic rings. The molecule has 114 valence electrons. The van der Waals surface area contributed by atoms with Gasteiger partial charge in [-0.1, -0.05) is 23.8 Å². The van der Waals surface area contributed by atoms with Crippen molar-refractivity contribution in [2.24, 2.45) is 0 Å². The van der Waals surface area contributed by atoms with Gasteiger partial charge < -0.3 is 14.6 Å². The molecule has 1 atom stereocenters. The van der Waals surface area contributed by atoms with E-state index < -0.39 is 6.10 Å². The van der Waals surface area contributed by atoms with Crippen LogP contribution < -0.4 is 0 Å². The molecule has 4 nitrogen and oxygen atoms in total. The van der Waals surface area contributed by atoms with Crippen LogP contribution in [0.15, 0.2) is 18.2 Å². The fourth-order valence-electron chi connectivity index (χ4n) is 2.20. The number of hydrogen-bond donors (Lipinski definition) is 1. The van der Waals surface area contributed by atoms with Gasteiger partial charge in [0.05, 0.1) is 19.3 Å². The average Bonchev–Trinajstić information content (AvgIpc) is 2.44. The lowest BCUT2D eigenvalue weighted by atomic mass is 10.0. The zero-order valence-corrected chi connectivity index (χ0v) is 13.1. The maximum atomic E-state index is 10.5. The largest absolute Gasteiger partial charge is 0.387 e. The molecule has 0 fully saturated rings. The van der Waals surface area contributed by atoms with Crippen molar-refractivity contribution in [1.29, 1.82) is 0 Å². The second-order valence-electron chi connectivity index (χ2n) is 5.16. The highest BCUT2D eigenvalue weighted by Gasteiger charge is 2.15. The summed E-state index contributed by atoms with van der Waals surface area (Å²) in [6.07, 6.45) is -0.483. The Kier molecular flexibility index (Phi) is 7.77. The van der Waals surface area contributed by atoms with Gasteiger partial charge in [0.25, 0.3) is 0 Å². The summed E-state index contributed by atoms with van der Waals surface area (Å²) in [5.74, 6) is 0. The monoisotopic (exact) mass is 281 g/mol. The van der Waals surface area contributed by atoms with Crippen LogP contribution in [0.5, 0.6) is 0 Å². The van der Waals surface area contributed by atoms with Crippen molar-refractivity contribution in [3.63, 3.8) is 0 Å². The number of ether oxygens (including phenoxy) is 2. The highest BCUT2D eigenvalue weighted by Crippen LogP contribution is 2.20. The fourth-order valence-corrected chi connectivity index (χ4v) is 2.20. The summed E-state index contributed by atoms with van der Waals surface area (Å²) in [6.45, 7) is 7.57. The normalized spacial score (nSPS) is 12.9. The number of aliphatic hydroxyl groups is 1. The van der Waals surface area contributed by atoms with E-state index in [1.807, 2.05) is 13.8 Å². The maximum absolute atomic E-state index is 10.5. The lowest BCUT2D eigenvalue weighted by Crippen LogP contribution is -2.34. The van der Waals surface area contributed by atoms with Crippen LogP contribution in [0.4, 0.5) is 0 Å². The number of nitrogens with zero attached hydrogens (tertiary/aromatic N) is 1. The minimum absolute atomic E-state index is 0.483. The van der Waals surface area contributed by atoms with Gasteiger partial charge in [0.1, 0.15) is 0 Å². The first kappa shape index (κ1) is 17.1. The van der Waals surface area contributed by atoms with E-state index in [9.17, 15) is 5.11 Å². The number of rotatable bonds is 9. The third-order valence-electron chi connectivity index (χ3n) is 3.45. The molecule has 0 aliphatic rings. The van der Waals surface area contributed by atoms with Crippen LogP contribution >= 0.6 is 0 Å². The molecule has 0 radical (unpaired) electrons. The molecule has 0 spiro atoms. The smallest absolute Gasteiger partial charge is 0.0919 e. The van der Waals surface area contributed by atoms with Crippen LogP contribution in [0, 0.1) is 13.8 Å². The first-order valence-electron chi connectivity index (χ1n) is 7.04. The molecule has 1 rings (SSSR count). The molecular weight excluding hydrogens is 254 g/mol. The molecule has 0 aliphatic heterocycles. The minimum Gasteiger partial charge on any atom is -0.387 e. The van der Waals surface area contributed by atoms with Gasteiger partial charge in [-0.2, -0.15) is 0 Å². The van der Waals surface area contributed by atoms with E-state index in [1.54, 1.807) is 14.2 Å². The molecule has 20 heavy (non-hydrogen) atoms. The summed E-state index contributed by atoms with van der Waals surface area (Å²) in [5, 5.41) is 10.5. The maximum Gasteiger partial charge on any atom is 0.0919 e. The van der Waals surface area contributed by atoms with Gasteiger partial charge in [-0.25, -0.2) is 0 Å². The standard InChI is InChI=1S/C16H27NO3/c1-13-5-6-14(2)15(11-13)16(18)12-17(7-9-19-3)8-10-20-4/h5-6,11,16,18H,7-10,12H2,1-4H3. The zero-order valence-electron chi connectivity index (χ0n) is 13.1. The molecule has 1 unspecified atom stereocenters. The Hall–Kier alpha value is -0.940. The molecule has 1 aromatic carbocycles. The number of methoxy groups -OCH3 is 2. The van der Waals surface area contributed by atoms with Gasteiger partial charge in [-0.05, 0) is 25.0 Å². The Morgan fingerprint density at radius 2 is 1.70 bits per heavy atom. The summed E-state index contributed by atoms with van der Waals surface area (Å²) in [5.41, 5.74) is 3.30. The number of aliphatic hydroxyl groups excluding tert-OH is 1. The van der Waals surface area contributed by atoms with Crippen molar-refractivity contribution in [3.8, 4) is 0 Å². The van der Waals surface area contributed by atoms with Crippen LogP contribution in [0.3, 0.4) is 0 Å². The van der Waals surface area contributed by atoms with Crippen molar-refractivity contribution in [3.05, 3.63) is 34.9 Å². The molecule has 0 bridgehead atoms. The summed E-state index contributed by atoms with van der Waals surface area (Å²) in [4.78, 5) is 2.17. The molecule has 4 heteroatoms. The second kappa shape index (κ2) is 9.08. The highest BCUT2D eigenvalue weighted by molar-refractivity contribution is 5.32. The quantitative estimate of drug-likeness (QED) is 0.751. The van der Waals surface area contributed by atoms with E-state index in [4.69, 9.17) is 9.47 Å². The van der Waals surface area contributed by atoms with E-state index in [0.717, 1.165) is 24.2 Å². The van der Waals surface area contributed by atoms with Gasteiger partial charge in [0.15, 0.2) is 0 Å². The highest BCUT2D eigenvalue weighted by atomic mass is 16.5. The summed E-state index contributed by atoms with van der Waals surface area (Å²) < 4.78 is 10.2. The van der Waals surface area contributed by atoms with Crippen molar-refractivity contribution in [2.75, 3.05) is 47.1 Å². The Morgan fingerprint density at radius 1 is 1.10 bits per heavy atom. The first-order valence-corrected chi connectivity index (χ1v) is 7.04. The van der Waals surface area contributed by atoms with E-state index in [-0.39, 0.29) is 0 Å². The lowest BCUT2D eigenvalue weighted by molar-refractivity contribution is 0.0694. The van der Waals surface area contributed by atoms with Gasteiger partial charge >= 0.3 is 0 Å². The molecule has 0 heterocycles. The Morgan fingerprint density at radius 3 is 2.25 bits per heavy atom. The second-order valence-corrected chi connectivity index (χ2v) is 5.16.